The number of hydrogen-bond acceptors (Lipinski definition) is 2. The summed E-state index contributed by atoms with van der Waals surface area (Å²) in [5.74, 6) is 0.226. The molecule has 0 aromatic heterocycles. The van der Waals surface area contributed by atoms with Crippen LogP contribution in [0.1, 0.15) is 42.1 Å². The first-order chi connectivity index (χ1) is 7.31. The van der Waals surface area contributed by atoms with Crippen LogP contribution in [-0.2, 0) is 6.42 Å². The van der Waals surface area contributed by atoms with Crippen LogP contribution in [-0.4, -0.2) is 12.3 Å². The number of carbonyl (C=O) groups is 1. The van der Waals surface area contributed by atoms with Crippen LogP contribution in [0.25, 0.3) is 0 Å². The average molecular weight is 203 g/mol. The van der Waals surface area contributed by atoms with Gasteiger partial charge in [-0.05, 0) is 30.9 Å². The van der Waals surface area contributed by atoms with E-state index in [9.17, 15) is 4.79 Å². The molecule has 0 bridgehead atoms. The third-order valence-electron chi connectivity index (χ3n) is 2.94. The van der Waals surface area contributed by atoms with Crippen molar-refractivity contribution >= 4 is 11.5 Å². The Hall–Kier alpha value is -1.31. The second-order valence-corrected chi connectivity index (χ2v) is 4.03. The smallest absolute Gasteiger partial charge is 0.162 e. The number of rotatable bonds is 2. The maximum atomic E-state index is 11.6. The zero-order valence-corrected chi connectivity index (χ0v) is 9.18. The molecule has 0 spiro atoms. The van der Waals surface area contributed by atoms with Gasteiger partial charge in [0.2, 0.25) is 0 Å². The summed E-state index contributed by atoms with van der Waals surface area (Å²) in [6, 6.07) is 6.06. The van der Waals surface area contributed by atoms with Gasteiger partial charge >= 0.3 is 0 Å². The van der Waals surface area contributed by atoms with E-state index in [1.807, 2.05) is 19.1 Å². The molecule has 1 aliphatic heterocycles. The topological polar surface area (TPSA) is 29.1 Å². The summed E-state index contributed by atoms with van der Waals surface area (Å²) in [7, 11) is 0. The molecule has 0 atom stereocenters. The molecule has 0 fully saturated rings. The lowest BCUT2D eigenvalue weighted by atomic mass is 10.0. The summed E-state index contributed by atoms with van der Waals surface area (Å²) in [5, 5.41) is 3.39. The monoisotopic (exact) mass is 203 g/mol. The maximum Gasteiger partial charge on any atom is 0.162 e. The van der Waals surface area contributed by atoms with Crippen molar-refractivity contribution in [1.82, 2.24) is 0 Å². The van der Waals surface area contributed by atoms with Crippen molar-refractivity contribution < 1.29 is 4.79 Å². The van der Waals surface area contributed by atoms with Crippen molar-refractivity contribution in [2.45, 2.75) is 32.6 Å². The summed E-state index contributed by atoms with van der Waals surface area (Å²) in [4.78, 5) is 11.6. The first-order valence-corrected chi connectivity index (χ1v) is 5.71. The van der Waals surface area contributed by atoms with E-state index in [0.29, 0.717) is 6.42 Å². The van der Waals surface area contributed by atoms with E-state index in [2.05, 4.69) is 11.4 Å². The van der Waals surface area contributed by atoms with Crippen molar-refractivity contribution in [3.63, 3.8) is 0 Å². The van der Waals surface area contributed by atoms with Gasteiger partial charge in [0.25, 0.3) is 0 Å². The SMILES string of the molecule is CCC(=O)c1ccc2c(c1)NCCCC2. The van der Waals surface area contributed by atoms with Crippen LogP contribution < -0.4 is 5.32 Å². The molecule has 0 amide bonds. The highest BCUT2D eigenvalue weighted by Crippen LogP contribution is 2.23. The Morgan fingerprint density at radius 2 is 2.27 bits per heavy atom. The zero-order chi connectivity index (χ0) is 10.7. The fourth-order valence-corrected chi connectivity index (χ4v) is 2.00. The Morgan fingerprint density at radius 3 is 3.07 bits per heavy atom. The lowest BCUT2D eigenvalue weighted by molar-refractivity contribution is 0.0988. The number of aryl methyl sites for hydroxylation is 1. The molecule has 0 saturated carbocycles. The molecule has 2 nitrogen and oxygen atoms in total. The lowest BCUT2D eigenvalue weighted by Gasteiger charge is -2.09. The first kappa shape index (κ1) is 10.2. The van der Waals surface area contributed by atoms with Crippen molar-refractivity contribution in [2.24, 2.45) is 0 Å². The van der Waals surface area contributed by atoms with Gasteiger partial charge in [0.05, 0.1) is 0 Å². The van der Waals surface area contributed by atoms with E-state index in [-0.39, 0.29) is 5.78 Å². The maximum absolute atomic E-state index is 11.6. The summed E-state index contributed by atoms with van der Waals surface area (Å²) in [6.45, 7) is 2.93. The molecule has 2 heteroatoms. The van der Waals surface area contributed by atoms with Crippen molar-refractivity contribution in [3.05, 3.63) is 29.3 Å². The highest BCUT2D eigenvalue weighted by atomic mass is 16.1. The molecule has 1 aromatic carbocycles. The molecule has 1 aromatic rings. The third-order valence-corrected chi connectivity index (χ3v) is 2.94. The third kappa shape index (κ3) is 2.20. The zero-order valence-electron chi connectivity index (χ0n) is 9.18. The van der Waals surface area contributed by atoms with Gasteiger partial charge in [-0.15, -0.1) is 0 Å². The van der Waals surface area contributed by atoms with Gasteiger partial charge in [0.15, 0.2) is 5.78 Å². The largest absolute Gasteiger partial charge is 0.385 e. The number of carbonyl (C=O) groups excluding carboxylic acids is 1. The van der Waals surface area contributed by atoms with Crippen molar-refractivity contribution in [1.29, 1.82) is 0 Å². The molecule has 1 heterocycles. The number of anilines is 1. The molecule has 0 saturated heterocycles. The predicted molar refractivity (Wildman–Crippen MR) is 62.5 cm³/mol. The Morgan fingerprint density at radius 1 is 1.40 bits per heavy atom. The molecule has 1 N–H and O–H groups in total. The number of fused-ring (bicyclic) bond motifs is 1. The van der Waals surface area contributed by atoms with E-state index in [1.165, 1.54) is 18.4 Å². The summed E-state index contributed by atoms with van der Waals surface area (Å²) < 4.78 is 0. The fourth-order valence-electron chi connectivity index (χ4n) is 2.00. The van der Waals surface area contributed by atoms with E-state index >= 15 is 0 Å². The van der Waals surface area contributed by atoms with Crippen LogP contribution in [0.15, 0.2) is 18.2 Å². The van der Waals surface area contributed by atoms with Gasteiger partial charge in [0.1, 0.15) is 0 Å². The van der Waals surface area contributed by atoms with Gasteiger partial charge < -0.3 is 5.32 Å². The Kier molecular flexibility index (Phi) is 3.05. The second kappa shape index (κ2) is 4.47. The normalized spacial score (nSPS) is 15.0. The second-order valence-electron chi connectivity index (χ2n) is 4.03. The van der Waals surface area contributed by atoms with Gasteiger partial charge in [-0.25, -0.2) is 0 Å². The minimum atomic E-state index is 0.226. The summed E-state index contributed by atoms with van der Waals surface area (Å²) in [5.41, 5.74) is 3.35. The van der Waals surface area contributed by atoms with Crippen LogP contribution in [0.5, 0.6) is 0 Å². The van der Waals surface area contributed by atoms with Crippen molar-refractivity contribution in [3.8, 4) is 0 Å². The van der Waals surface area contributed by atoms with E-state index < -0.39 is 0 Å². The first-order valence-electron chi connectivity index (χ1n) is 5.71. The van der Waals surface area contributed by atoms with Gasteiger partial charge in [0, 0.05) is 24.2 Å². The van der Waals surface area contributed by atoms with E-state index in [1.54, 1.807) is 0 Å². The number of hydrogen-bond donors (Lipinski definition) is 1. The lowest BCUT2D eigenvalue weighted by Crippen LogP contribution is -2.02. The Bertz CT molecular complexity index is 371. The van der Waals surface area contributed by atoms with Crippen LogP contribution in [0, 0.1) is 0 Å². The molecule has 15 heavy (non-hydrogen) atoms. The van der Waals surface area contributed by atoms with Crippen LogP contribution >= 0.6 is 0 Å². The van der Waals surface area contributed by atoms with Gasteiger partial charge in [-0.3, -0.25) is 4.79 Å². The number of benzene rings is 1. The molecule has 0 aliphatic carbocycles. The van der Waals surface area contributed by atoms with E-state index in [4.69, 9.17) is 0 Å². The predicted octanol–water partition coefficient (Wildman–Crippen LogP) is 3.03. The minimum Gasteiger partial charge on any atom is -0.385 e. The van der Waals surface area contributed by atoms with Gasteiger partial charge in [-0.2, -0.15) is 0 Å². The standard InChI is InChI=1S/C13H17NO/c1-2-13(15)11-7-6-10-5-3-4-8-14-12(10)9-11/h6-7,9,14H,2-5,8H2,1H3. The van der Waals surface area contributed by atoms with E-state index in [0.717, 1.165) is 24.2 Å². The van der Waals surface area contributed by atoms with Crippen LogP contribution in [0.4, 0.5) is 5.69 Å². The van der Waals surface area contributed by atoms with Gasteiger partial charge in [-0.1, -0.05) is 19.1 Å². The summed E-state index contributed by atoms with van der Waals surface area (Å²) in [6.07, 6.45) is 4.16. The van der Waals surface area contributed by atoms with Crippen molar-refractivity contribution in [2.75, 3.05) is 11.9 Å². The average Bonchev–Trinajstić information content (AvgIpc) is 2.51. The number of Topliss-reactive ketones (excluding diaryl/α,β-unsaturated/α-hetero) is 1. The molecular weight excluding hydrogens is 186 g/mol. The molecule has 1 aliphatic rings. The molecule has 0 unspecified atom stereocenters. The quantitative estimate of drug-likeness (QED) is 0.748. The summed E-state index contributed by atoms with van der Waals surface area (Å²) >= 11 is 0. The highest BCUT2D eigenvalue weighted by Gasteiger charge is 2.10. The molecule has 0 radical (unpaired) electrons. The Labute approximate surface area is 90.7 Å². The molecular formula is C13H17NO. The fraction of sp³-hybridized carbons (Fsp3) is 0.462. The molecule has 80 valence electrons. The minimum absolute atomic E-state index is 0.226. The Balaban J connectivity index is 2.31. The van der Waals surface area contributed by atoms with Crippen LogP contribution in [0.2, 0.25) is 0 Å². The highest BCUT2D eigenvalue weighted by molar-refractivity contribution is 5.96. The number of nitrogens with one attached hydrogen (secondary N) is 1. The van der Waals surface area contributed by atoms with Crippen LogP contribution in [0.3, 0.4) is 0 Å². The molecule has 2 rings (SSSR count). The number of ketones is 1.